The monoisotopic (exact) mass is 1660 g/mol. The summed E-state index contributed by atoms with van der Waals surface area (Å²) in [6.07, 6.45) is 8.77. The SMILES string of the molecule is CN(C)c1ccc(CCOC(=O)Cc2ccccc2Nc2c(Cl)cccc2Cl)cc1.CN(CCOC(=O)Cc1ccccc1Nc1c(Cl)cccc1Cl)c1ccccc1.O=C(Cc1ccccc1Nc1c(Cl)cccc1Cl)OCCc1ccccn1.O=C(Cc1ccccc1Nc1c(Cl)cccc1Cl)OCCn1ccnc1. The lowest BCUT2D eigenvalue weighted by Crippen LogP contribution is -2.24. The number of halogens is 8. The first-order valence-corrected chi connectivity index (χ1v) is 38.4. The van der Waals surface area contributed by atoms with Gasteiger partial charge in [0.15, 0.2) is 0 Å². The standard InChI is InChI=1S/C24H24Cl2N2O2.C23H22Cl2N2O2.C21H18Cl2N2O2.C19H17Cl2N3O2/c1-28(2)19-12-10-17(11-13-19)14-15-30-23(29)16-18-6-3-4-9-22(18)27-24-20(25)7-5-8-21(24)26;1-27(18-9-3-2-4-10-18)14-15-29-22(28)16-17-8-5-6-13-21(17)26-23-19(24)11-7-12-20(23)25;22-17-8-5-9-18(23)21(17)25-19-10-2-1-6-15(19)14-20(26)27-13-11-16-7-3-4-12-24-16;20-15-5-3-6-16(21)19(15)23-17-7-2-1-4-14(17)12-18(25)26-11-10-24-9-8-22-13-24/h3-13,27H,14-16H2,1-2H3;2-13,26H,14-16H2,1H3;1-10,12,25H,11,13-14H2;1-9,13,23H,10-12H2. The van der Waals surface area contributed by atoms with Crippen LogP contribution in [0.2, 0.25) is 40.2 Å². The molecule has 12 rings (SSSR count). The molecule has 10 aromatic carbocycles. The fraction of sp³-hybridized carbons (Fsp3) is 0.172. The number of anilines is 10. The highest BCUT2D eigenvalue weighted by atomic mass is 35.5. The minimum absolute atomic E-state index is 0.146. The summed E-state index contributed by atoms with van der Waals surface area (Å²) in [5.74, 6) is -1.17. The van der Waals surface area contributed by atoms with E-state index in [0.29, 0.717) is 115 Å². The molecule has 0 fully saturated rings. The quantitative estimate of drug-likeness (QED) is 0.0245. The number of hydrogen-bond donors (Lipinski definition) is 4. The third kappa shape index (κ3) is 27.8. The van der Waals surface area contributed by atoms with Crippen molar-refractivity contribution in [2.75, 3.05) is 85.2 Å². The van der Waals surface area contributed by atoms with Gasteiger partial charge in [-0.1, -0.05) is 226 Å². The van der Waals surface area contributed by atoms with E-state index in [9.17, 15) is 19.2 Å². The van der Waals surface area contributed by atoms with Gasteiger partial charge < -0.3 is 54.6 Å². The van der Waals surface area contributed by atoms with E-state index in [4.69, 9.17) is 112 Å². The molecular formula is C87H81Cl8N9O8. The first kappa shape index (κ1) is 85.6. The summed E-state index contributed by atoms with van der Waals surface area (Å²) in [7, 11) is 5.97. The number of carbonyl (C=O) groups is 4. The topological polar surface area (TPSA) is 191 Å². The highest BCUT2D eigenvalue weighted by Crippen LogP contribution is 2.38. The zero-order valence-corrected chi connectivity index (χ0v) is 67.5. The van der Waals surface area contributed by atoms with Gasteiger partial charge in [0, 0.05) is 92.4 Å². The summed E-state index contributed by atoms with van der Waals surface area (Å²) < 4.78 is 23.4. The molecule has 0 aliphatic heterocycles. The van der Waals surface area contributed by atoms with Crippen LogP contribution in [0.3, 0.4) is 0 Å². The predicted octanol–water partition coefficient (Wildman–Crippen LogP) is 22.3. The van der Waals surface area contributed by atoms with Crippen molar-refractivity contribution < 1.29 is 38.1 Å². The van der Waals surface area contributed by atoms with Crippen molar-refractivity contribution in [3.05, 3.63) is 341 Å². The Morgan fingerprint density at radius 1 is 0.357 bits per heavy atom. The zero-order valence-electron chi connectivity index (χ0n) is 61.4. The number of para-hydroxylation sites is 9. The second-order valence-corrected chi connectivity index (χ2v) is 28.3. The van der Waals surface area contributed by atoms with E-state index in [1.165, 1.54) is 0 Å². The molecule has 0 radical (unpaired) electrons. The molecule has 0 aliphatic rings. The van der Waals surface area contributed by atoms with Gasteiger partial charge in [-0.3, -0.25) is 24.2 Å². The zero-order chi connectivity index (χ0) is 79.6. The van der Waals surface area contributed by atoms with Crippen molar-refractivity contribution in [3.8, 4) is 0 Å². The average Bonchev–Trinajstić information content (AvgIpc) is 0.886. The molecule has 12 aromatic rings. The van der Waals surface area contributed by atoms with E-state index >= 15 is 0 Å². The van der Waals surface area contributed by atoms with Crippen molar-refractivity contribution in [1.82, 2.24) is 14.5 Å². The highest BCUT2D eigenvalue weighted by Gasteiger charge is 2.18. The Morgan fingerprint density at radius 2 is 0.705 bits per heavy atom. The molecular weight excluding hydrogens is 1580 g/mol. The molecule has 0 saturated heterocycles. The van der Waals surface area contributed by atoms with Gasteiger partial charge >= 0.3 is 23.9 Å². The van der Waals surface area contributed by atoms with Gasteiger partial charge in [-0.25, -0.2) is 4.98 Å². The predicted molar refractivity (Wildman–Crippen MR) is 458 cm³/mol. The lowest BCUT2D eigenvalue weighted by molar-refractivity contribution is -0.143. The van der Waals surface area contributed by atoms with Crippen LogP contribution in [0.15, 0.2) is 268 Å². The van der Waals surface area contributed by atoms with Gasteiger partial charge in [-0.05, 0) is 137 Å². The number of carbonyl (C=O) groups excluding carboxylic acids is 4. The molecule has 0 atom stereocenters. The van der Waals surface area contributed by atoms with Crippen LogP contribution in [-0.2, 0) is 83.2 Å². The second kappa shape index (κ2) is 45.2. The third-order valence-electron chi connectivity index (χ3n) is 16.8. The van der Waals surface area contributed by atoms with E-state index in [1.807, 2.05) is 187 Å². The molecule has 0 aliphatic carbocycles. The maximum Gasteiger partial charge on any atom is 0.310 e. The summed E-state index contributed by atoms with van der Waals surface area (Å²) >= 11 is 49.8. The molecule has 0 spiro atoms. The van der Waals surface area contributed by atoms with Crippen molar-refractivity contribution in [2.24, 2.45) is 0 Å². The lowest BCUT2D eigenvalue weighted by Gasteiger charge is -2.19. The molecule has 17 nitrogen and oxygen atoms in total. The number of nitrogens with one attached hydrogen (secondary N) is 4. The van der Waals surface area contributed by atoms with Crippen molar-refractivity contribution in [1.29, 1.82) is 0 Å². The van der Waals surface area contributed by atoms with E-state index in [0.717, 1.165) is 67.6 Å². The number of likely N-dealkylation sites (N-methyl/N-ethyl adjacent to an activating group) is 1. The maximum absolute atomic E-state index is 12.4. The van der Waals surface area contributed by atoms with Crippen LogP contribution >= 0.6 is 92.8 Å². The Morgan fingerprint density at radius 3 is 1.06 bits per heavy atom. The maximum atomic E-state index is 12.4. The summed E-state index contributed by atoms with van der Waals surface area (Å²) in [5, 5.41) is 17.0. The number of benzene rings is 10. The largest absolute Gasteiger partial charge is 0.465 e. The number of nitrogens with zero attached hydrogens (tertiary/aromatic N) is 5. The molecule has 2 heterocycles. The summed E-state index contributed by atoms with van der Waals surface area (Å²) in [4.78, 5) is 61.3. The minimum atomic E-state index is -0.301. The van der Waals surface area contributed by atoms with Gasteiger partial charge in [0.1, 0.15) is 13.2 Å². The lowest BCUT2D eigenvalue weighted by atomic mass is 10.1. The van der Waals surface area contributed by atoms with Gasteiger partial charge in [0.25, 0.3) is 0 Å². The Labute approximate surface area is 692 Å². The van der Waals surface area contributed by atoms with Gasteiger partial charge in [0.05, 0.1) is 121 Å². The van der Waals surface area contributed by atoms with Crippen LogP contribution < -0.4 is 31.1 Å². The van der Waals surface area contributed by atoms with Crippen LogP contribution in [0.5, 0.6) is 0 Å². The normalized spacial score (nSPS) is 10.5. The molecule has 4 N–H and O–H groups in total. The van der Waals surface area contributed by atoms with E-state index in [-0.39, 0.29) is 49.6 Å². The Hall–Kier alpha value is -10.4. The van der Waals surface area contributed by atoms with Crippen LogP contribution in [-0.4, -0.2) is 92.5 Å². The van der Waals surface area contributed by atoms with Gasteiger partial charge in [-0.15, -0.1) is 0 Å². The fourth-order valence-corrected chi connectivity index (χ4v) is 12.8. The first-order chi connectivity index (χ1) is 54.2. The van der Waals surface area contributed by atoms with Crippen molar-refractivity contribution in [3.63, 3.8) is 0 Å². The van der Waals surface area contributed by atoms with Crippen LogP contribution in [0, 0.1) is 0 Å². The molecule has 112 heavy (non-hydrogen) atoms. The van der Waals surface area contributed by atoms with Crippen LogP contribution in [0.1, 0.15) is 33.5 Å². The Bertz CT molecular complexity index is 4930. The number of ether oxygens (including phenoxy) is 4. The molecule has 0 saturated carbocycles. The molecule has 0 amide bonds. The Balaban J connectivity index is 0.000000172. The Kier molecular flexibility index (Phi) is 34.5. The first-order valence-electron chi connectivity index (χ1n) is 35.4. The average molecular weight is 1660 g/mol. The van der Waals surface area contributed by atoms with Gasteiger partial charge in [0.2, 0.25) is 0 Å². The number of imidazole rings is 1. The number of esters is 4. The number of hydrogen-bond acceptors (Lipinski definition) is 16. The van der Waals surface area contributed by atoms with Crippen molar-refractivity contribution in [2.45, 2.75) is 45.1 Å². The fourth-order valence-electron chi connectivity index (χ4n) is 10.9. The van der Waals surface area contributed by atoms with E-state index < -0.39 is 0 Å². The van der Waals surface area contributed by atoms with E-state index in [2.05, 4.69) is 55.5 Å². The van der Waals surface area contributed by atoms with Gasteiger partial charge in [-0.2, -0.15) is 0 Å². The van der Waals surface area contributed by atoms with E-state index in [1.54, 1.807) is 91.5 Å². The summed E-state index contributed by atoms with van der Waals surface area (Å²) in [5.41, 5.74) is 13.0. The molecule has 0 unspecified atom stereocenters. The third-order valence-corrected chi connectivity index (χ3v) is 19.3. The van der Waals surface area contributed by atoms with Crippen molar-refractivity contribution >= 4 is 174 Å². The second-order valence-electron chi connectivity index (χ2n) is 25.0. The molecule has 578 valence electrons. The number of pyridine rings is 1. The van der Waals surface area contributed by atoms with Crippen LogP contribution in [0.25, 0.3) is 0 Å². The highest BCUT2D eigenvalue weighted by molar-refractivity contribution is 6.41. The number of aromatic nitrogens is 3. The van der Waals surface area contributed by atoms with Crippen LogP contribution in [0.4, 0.5) is 56.9 Å². The molecule has 2 aromatic heterocycles. The summed E-state index contributed by atoms with van der Waals surface area (Å²) in [6.45, 7) is 2.43. The molecule has 25 heteroatoms. The minimum Gasteiger partial charge on any atom is -0.465 e. The molecule has 0 bridgehead atoms. The summed E-state index contributed by atoms with van der Waals surface area (Å²) in [6, 6.07) is 75.1. The smallest absolute Gasteiger partial charge is 0.310 e. The number of rotatable bonds is 30.